The van der Waals surface area contributed by atoms with Crippen LogP contribution < -0.4 is 19.2 Å². The first kappa shape index (κ1) is 31.8. The van der Waals surface area contributed by atoms with Crippen molar-refractivity contribution in [2.45, 2.75) is 0 Å². The monoisotopic (exact) mass is 726 g/mol. The molecular formula is C41H28N9OZn+. The smallest absolute Gasteiger partial charge is 0.456 e. The Kier molecular flexibility index (Phi) is 7.32. The maximum absolute atomic E-state index is 6.63. The minimum Gasteiger partial charge on any atom is -0.456 e. The van der Waals surface area contributed by atoms with E-state index in [1.165, 1.54) is 0 Å². The van der Waals surface area contributed by atoms with E-state index < -0.39 is 0 Å². The van der Waals surface area contributed by atoms with Crippen LogP contribution in [0.4, 0.5) is 5.69 Å². The first-order valence-corrected chi connectivity index (χ1v) is 16.6. The molecule has 10 rings (SSSR count). The largest absolute Gasteiger partial charge is 2.00 e. The van der Waals surface area contributed by atoms with E-state index in [-0.39, 0.29) is 19.5 Å². The van der Waals surface area contributed by atoms with E-state index in [4.69, 9.17) is 44.6 Å². The molecule has 52 heavy (non-hydrogen) atoms. The van der Waals surface area contributed by atoms with E-state index >= 15 is 0 Å². The predicted octanol–water partition coefficient (Wildman–Crippen LogP) is 8.11. The number of benzene rings is 5. The molecule has 0 atom stereocenters. The number of aromatic nitrogens is 8. The Morgan fingerprint density at radius 1 is 0.462 bits per heavy atom. The predicted molar refractivity (Wildman–Crippen MR) is 200 cm³/mol. The minimum absolute atomic E-state index is 0. The molecule has 0 fully saturated rings. The van der Waals surface area contributed by atoms with E-state index in [2.05, 4.69) is 33.3 Å². The number of fused-ring (bicyclic) bond motifs is 20. The van der Waals surface area contributed by atoms with Crippen LogP contribution in [0.25, 0.3) is 89.7 Å². The third-order valence-electron chi connectivity index (χ3n) is 9.23. The molecule has 2 aliphatic rings. The maximum Gasteiger partial charge on any atom is 2.00 e. The van der Waals surface area contributed by atoms with Crippen molar-refractivity contribution in [1.29, 1.82) is 0 Å². The summed E-state index contributed by atoms with van der Waals surface area (Å²) < 4.78 is 7.28. The van der Waals surface area contributed by atoms with Crippen LogP contribution in [0.1, 0.15) is 0 Å². The van der Waals surface area contributed by atoms with Gasteiger partial charge in [-0.05, 0) is 39.7 Å². The fourth-order valence-electron chi connectivity index (χ4n) is 6.70. The number of nitrogens with zero attached hydrogens (tertiary/aromatic N) is 9. The molecule has 10 nitrogen and oxygen atoms in total. The quantitative estimate of drug-likeness (QED) is 0.132. The number of hydrogen-bond acceptors (Lipinski definition) is 7. The topological polar surface area (TPSA) is 115 Å². The summed E-state index contributed by atoms with van der Waals surface area (Å²) in [4.78, 5) is 40.2. The number of quaternary nitrogens is 1. The van der Waals surface area contributed by atoms with Crippen LogP contribution in [0.15, 0.2) is 115 Å². The zero-order valence-electron chi connectivity index (χ0n) is 28.6. The van der Waals surface area contributed by atoms with Gasteiger partial charge in [0.1, 0.15) is 17.2 Å². The third-order valence-corrected chi connectivity index (χ3v) is 9.23. The Morgan fingerprint density at radius 3 is 1.44 bits per heavy atom. The Labute approximate surface area is 310 Å². The van der Waals surface area contributed by atoms with E-state index in [1.807, 2.05) is 103 Å². The van der Waals surface area contributed by atoms with Gasteiger partial charge in [-0.3, -0.25) is 4.48 Å². The fourth-order valence-corrected chi connectivity index (χ4v) is 6.70. The van der Waals surface area contributed by atoms with Crippen LogP contribution in [-0.4, -0.2) is 51.0 Å². The first-order valence-electron chi connectivity index (χ1n) is 16.6. The van der Waals surface area contributed by atoms with Gasteiger partial charge in [0, 0.05) is 45.3 Å². The first-order chi connectivity index (χ1) is 24.9. The van der Waals surface area contributed by atoms with E-state index in [9.17, 15) is 0 Å². The van der Waals surface area contributed by atoms with Gasteiger partial charge in [-0.1, -0.05) is 91.0 Å². The summed E-state index contributed by atoms with van der Waals surface area (Å²) in [7, 11) is 6.37. The number of rotatable bonds is 3. The van der Waals surface area contributed by atoms with Gasteiger partial charge < -0.3 is 34.6 Å². The fraction of sp³-hybridized carbons (Fsp3) is 0.0732. The van der Waals surface area contributed by atoms with E-state index in [0.717, 1.165) is 49.5 Å². The van der Waals surface area contributed by atoms with Crippen molar-refractivity contribution in [3.63, 3.8) is 0 Å². The Hall–Kier alpha value is -6.16. The molecule has 0 saturated heterocycles. The van der Waals surface area contributed by atoms with Gasteiger partial charge in [0.2, 0.25) is 0 Å². The van der Waals surface area contributed by atoms with Gasteiger partial charge in [-0.2, -0.15) is 0 Å². The molecule has 5 aromatic carbocycles. The summed E-state index contributed by atoms with van der Waals surface area (Å²) >= 11 is 0. The number of ether oxygens (including phenoxy) is 1. The molecular weight excluding hydrogens is 700 g/mol. The van der Waals surface area contributed by atoms with Crippen molar-refractivity contribution in [3.8, 4) is 57.1 Å². The average molecular weight is 728 g/mol. The molecule has 0 spiro atoms. The van der Waals surface area contributed by atoms with Gasteiger partial charge >= 0.3 is 19.5 Å². The van der Waals surface area contributed by atoms with Crippen molar-refractivity contribution in [3.05, 3.63) is 115 Å². The summed E-state index contributed by atoms with van der Waals surface area (Å²) in [6, 6.07) is 37.8. The average Bonchev–Trinajstić information content (AvgIpc) is 3.87. The van der Waals surface area contributed by atoms with E-state index in [0.29, 0.717) is 61.9 Å². The molecule has 0 aliphatic carbocycles. The van der Waals surface area contributed by atoms with Crippen molar-refractivity contribution < 1.29 is 24.2 Å². The van der Waals surface area contributed by atoms with Crippen molar-refractivity contribution in [2.24, 2.45) is 0 Å². The molecule has 5 heterocycles. The molecule has 0 unspecified atom stereocenters. The summed E-state index contributed by atoms with van der Waals surface area (Å²) in [5.74, 6) is 3.27. The van der Waals surface area contributed by atoms with Crippen LogP contribution in [0, 0.1) is 0 Å². The molecule has 244 valence electrons. The summed E-state index contributed by atoms with van der Waals surface area (Å²) in [6.07, 6.45) is 0. The van der Waals surface area contributed by atoms with Gasteiger partial charge in [0.15, 0.2) is 0 Å². The molecule has 0 N–H and O–H groups in total. The van der Waals surface area contributed by atoms with Crippen LogP contribution in [-0.2, 0) is 19.5 Å². The molecule has 3 aromatic heterocycles. The zero-order valence-corrected chi connectivity index (χ0v) is 31.6. The summed E-state index contributed by atoms with van der Waals surface area (Å²) in [5.41, 5.74) is 6.38. The SMILES string of the molecule is C[N+](C)(C)c1cccc(Oc2cccc3c2-c2nc-3nc3[n-]c(nc4nc(nc5[n-]c(n2)c2ccccc52)-c2ccccc2-4)c2ccccc32)c1.[Zn+2]. The van der Waals surface area contributed by atoms with Crippen molar-refractivity contribution >= 4 is 49.8 Å². The molecule has 8 aromatic rings. The normalized spacial score (nSPS) is 12.0. The van der Waals surface area contributed by atoms with Crippen LogP contribution in [0.5, 0.6) is 11.5 Å². The van der Waals surface area contributed by atoms with Crippen molar-refractivity contribution in [1.82, 2.24) is 44.4 Å². The van der Waals surface area contributed by atoms with E-state index in [1.54, 1.807) is 0 Å². The summed E-state index contributed by atoms with van der Waals surface area (Å²) in [5, 5.41) is 3.42. The van der Waals surface area contributed by atoms with Gasteiger partial charge in [0.25, 0.3) is 0 Å². The third kappa shape index (κ3) is 5.16. The maximum atomic E-state index is 6.63. The Bertz CT molecular complexity index is 2900. The molecule has 11 heteroatoms. The van der Waals surface area contributed by atoms with Crippen molar-refractivity contribution in [2.75, 3.05) is 21.1 Å². The molecule has 0 saturated carbocycles. The molecule has 2 aliphatic heterocycles. The second-order valence-electron chi connectivity index (χ2n) is 13.4. The molecule has 8 bridgehead atoms. The number of hydrogen-bond donors (Lipinski definition) is 0. The second kappa shape index (κ2) is 12.0. The van der Waals surface area contributed by atoms with Gasteiger partial charge in [-0.15, -0.1) is 0 Å². The Morgan fingerprint density at radius 2 is 0.904 bits per heavy atom. The second-order valence-corrected chi connectivity index (χ2v) is 13.4. The molecule has 0 amide bonds. The van der Waals surface area contributed by atoms with Gasteiger partial charge in [-0.25, -0.2) is 9.97 Å². The Balaban J connectivity index is 0.00000360. The zero-order chi connectivity index (χ0) is 34.3. The van der Waals surface area contributed by atoms with Gasteiger partial charge in [0.05, 0.1) is 50.0 Å². The van der Waals surface area contributed by atoms with Crippen LogP contribution >= 0.6 is 0 Å². The molecule has 0 radical (unpaired) electrons. The summed E-state index contributed by atoms with van der Waals surface area (Å²) in [6.45, 7) is 0. The minimum atomic E-state index is 0. The van der Waals surface area contributed by atoms with Crippen LogP contribution in [0.3, 0.4) is 0 Å². The standard InChI is InChI=1S/C41H28N9O.Zn/c1-50(2,3)23-12-10-13-24(22-23)51-32-21-11-20-31-33(32)41-48-39-30-19-9-8-18-29(30)37(46-39)44-35-26-15-5-4-14-25(26)34(42-35)43-36-27-16-6-7-17-28(27)38(45-36)47-40(31)49-41;/h4-22H,1-3H3;/q-1;+2. The van der Waals surface area contributed by atoms with Crippen LogP contribution in [0.2, 0.25) is 0 Å².